The third kappa shape index (κ3) is 6.82. The Kier molecular flexibility index (Phi) is 11.1. The van der Waals surface area contributed by atoms with E-state index in [4.69, 9.17) is 43.1 Å². The number of benzene rings is 2. The van der Waals surface area contributed by atoms with Crippen molar-refractivity contribution in [2.24, 2.45) is 5.73 Å². The summed E-state index contributed by atoms with van der Waals surface area (Å²) in [6, 6.07) is 14.7. The molecule has 2 aliphatic rings. The van der Waals surface area contributed by atoms with E-state index in [0.29, 0.717) is 71.9 Å². The quantitative estimate of drug-likeness (QED) is 0.301. The van der Waals surface area contributed by atoms with Crippen LogP contribution in [-0.4, -0.2) is 80.7 Å². The van der Waals surface area contributed by atoms with Crippen LogP contribution in [-0.2, 0) is 15.6 Å². The largest absolute Gasteiger partial charge is 0.493 e. The number of carbonyl (C=O) groups is 2. The summed E-state index contributed by atoms with van der Waals surface area (Å²) in [7, 11) is 4.59. The molecule has 2 N–H and O–H groups in total. The first kappa shape index (κ1) is 34.6. The summed E-state index contributed by atoms with van der Waals surface area (Å²) in [5.41, 5.74) is 7.06. The molecule has 2 aromatic carbocycles. The van der Waals surface area contributed by atoms with E-state index >= 15 is 0 Å². The lowest BCUT2D eigenvalue weighted by molar-refractivity contribution is -0.125. The molecular formula is C33H39Cl3N4O5. The summed E-state index contributed by atoms with van der Waals surface area (Å²) >= 11 is 12.8. The zero-order valence-electron chi connectivity index (χ0n) is 25.7. The lowest BCUT2D eigenvalue weighted by Gasteiger charge is -2.40. The molecule has 2 fully saturated rings. The molecule has 3 aromatic rings. The number of primary amides is 1. The fraction of sp³-hybridized carbons (Fsp3) is 0.424. The van der Waals surface area contributed by atoms with Crippen LogP contribution in [0.3, 0.4) is 0 Å². The van der Waals surface area contributed by atoms with Crippen LogP contribution in [0.4, 0.5) is 0 Å². The molecule has 2 aliphatic heterocycles. The van der Waals surface area contributed by atoms with Crippen molar-refractivity contribution in [1.82, 2.24) is 14.8 Å². The molecule has 5 rings (SSSR count). The number of nitrogens with zero attached hydrogens (tertiary/aromatic N) is 3. The molecule has 0 radical (unpaired) electrons. The van der Waals surface area contributed by atoms with Crippen LogP contribution in [0.5, 0.6) is 17.2 Å². The summed E-state index contributed by atoms with van der Waals surface area (Å²) in [4.78, 5) is 35.2. The molecule has 0 unspecified atom stereocenters. The maximum atomic E-state index is 13.9. The minimum Gasteiger partial charge on any atom is -0.493 e. The molecule has 242 valence electrons. The Labute approximate surface area is 280 Å². The van der Waals surface area contributed by atoms with E-state index in [-0.39, 0.29) is 29.6 Å². The zero-order chi connectivity index (χ0) is 31.5. The molecular weight excluding hydrogens is 639 g/mol. The standard InChI is InChI=1S/C33H38Cl2N4O5.ClH/c1-42-26-18-22(19-27(43-2)29(26)44-3)30(40)39-17-10-32(21-39,23-7-8-24(34)25(35)20-23)9-14-38-15-11-33(12-16-38,31(36)41)28-6-4-5-13-37-28;/h4-8,13,18-20H,9-12,14-17,21H2,1-3H3,(H2,36,41);1H/t32-;/m0./s1. The maximum Gasteiger partial charge on any atom is 0.254 e. The highest BCUT2D eigenvalue weighted by atomic mass is 35.5. The summed E-state index contributed by atoms with van der Waals surface area (Å²) in [6.07, 6.45) is 4.46. The van der Waals surface area contributed by atoms with E-state index in [9.17, 15) is 9.59 Å². The number of aromatic nitrogens is 1. The van der Waals surface area contributed by atoms with E-state index < -0.39 is 5.41 Å². The van der Waals surface area contributed by atoms with Crippen LogP contribution in [0.15, 0.2) is 54.7 Å². The van der Waals surface area contributed by atoms with Crippen LogP contribution in [0, 0.1) is 0 Å². The summed E-state index contributed by atoms with van der Waals surface area (Å²) in [5, 5.41) is 0.972. The first-order chi connectivity index (χ1) is 21.2. The van der Waals surface area contributed by atoms with Crippen molar-refractivity contribution in [3.8, 4) is 17.2 Å². The highest BCUT2D eigenvalue weighted by Crippen LogP contribution is 2.43. The Morgan fingerprint density at radius 2 is 1.60 bits per heavy atom. The number of methoxy groups -OCH3 is 3. The van der Waals surface area contributed by atoms with Crippen LogP contribution in [0.1, 0.15) is 47.3 Å². The average molecular weight is 678 g/mol. The molecule has 2 saturated heterocycles. The highest BCUT2D eigenvalue weighted by molar-refractivity contribution is 6.42. The average Bonchev–Trinajstić information content (AvgIpc) is 3.50. The number of halogens is 3. The molecule has 0 spiro atoms. The van der Waals surface area contributed by atoms with Crippen LogP contribution in [0.2, 0.25) is 10.0 Å². The van der Waals surface area contributed by atoms with Gasteiger partial charge < -0.3 is 29.7 Å². The van der Waals surface area contributed by atoms with Crippen molar-refractivity contribution < 1.29 is 23.8 Å². The molecule has 3 heterocycles. The predicted octanol–water partition coefficient (Wildman–Crippen LogP) is 5.53. The second kappa shape index (κ2) is 14.5. The summed E-state index contributed by atoms with van der Waals surface area (Å²) < 4.78 is 16.4. The van der Waals surface area contributed by atoms with Gasteiger partial charge in [-0.3, -0.25) is 14.6 Å². The predicted molar refractivity (Wildman–Crippen MR) is 177 cm³/mol. The van der Waals surface area contributed by atoms with Gasteiger partial charge in [0.25, 0.3) is 5.91 Å². The number of carbonyl (C=O) groups excluding carboxylic acids is 2. The summed E-state index contributed by atoms with van der Waals surface area (Å²) in [5.74, 6) is 0.828. The molecule has 1 aromatic heterocycles. The van der Waals surface area contributed by atoms with E-state index in [1.54, 1.807) is 18.3 Å². The van der Waals surface area contributed by atoms with Crippen LogP contribution >= 0.6 is 35.6 Å². The Balaban J connectivity index is 0.00000461. The normalized spacial score (nSPS) is 19.4. The highest BCUT2D eigenvalue weighted by Gasteiger charge is 2.45. The monoisotopic (exact) mass is 676 g/mol. The van der Waals surface area contributed by atoms with Gasteiger partial charge in [-0.25, -0.2) is 0 Å². The fourth-order valence-corrected chi connectivity index (χ4v) is 6.95. The number of amides is 2. The smallest absolute Gasteiger partial charge is 0.254 e. The van der Waals surface area contributed by atoms with Gasteiger partial charge in [-0.1, -0.05) is 35.3 Å². The third-order valence-corrected chi connectivity index (χ3v) is 10.1. The van der Waals surface area contributed by atoms with E-state index in [0.717, 1.165) is 30.6 Å². The third-order valence-electron chi connectivity index (χ3n) is 9.33. The second-order valence-electron chi connectivity index (χ2n) is 11.6. The van der Waals surface area contributed by atoms with Gasteiger partial charge in [-0.05, 0) is 87.3 Å². The topological polar surface area (TPSA) is 107 Å². The number of piperidine rings is 1. The summed E-state index contributed by atoms with van der Waals surface area (Å²) in [6.45, 7) is 3.28. The molecule has 45 heavy (non-hydrogen) atoms. The van der Waals surface area contributed by atoms with Gasteiger partial charge in [-0.2, -0.15) is 0 Å². The number of nitrogens with two attached hydrogens (primary N) is 1. The van der Waals surface area contributed by atoms with Gasteiger partial charge in [0.1, 0.15) is 0 Å². The van der Waals surface area contributed by atoms with Crippen LogP contribution < -0.4 is 19.9 Å². The molecule has 12 heteroatoms. The first-order valence-corrected chi connectivity index (χ1v) is 15.4. The first-order valence-electron chi connectivity index (χ1n) is 14.6. The number of hydrogen-bond acceptors (Lipinski definition) is 7. The number of rotatable bonds is 10. The van der Waals surface area contributed by atoms with Gasteiger partial charge in [0.15, 0.2) is 11.5 Å². The van der Waals surface area contributed by atoms with Gasteiger partial charge in [0.05, 0.1) is 42.5 Å². The number of ether oxygens (including phenoxy) is 3. The van der Waals surface area contributed by atoms with Crippen molar-refractivity contribution in [2.45, 2.75) is 36.5 Å². The fourth-order valence-electron chi connectivity index (χ4n) is 6.65. The van der Waals surface area contributed by atoms with Gasteiger partial charge in [0, 0.05) is 30.3 Å². The van der Waals surface area contributed by atoms with Crippen molar-refractivity contribution in [1.29, 1.82) is 0 Å². The SMILES string of the molecule is COc1cc(C(=O)N2CC[C@](CCN3CCC(C(N)=O)(c4ccccn4)CC3)(c3ccc(Cl)c(Cl)c3)C2)cc(OC)c1OC.Cl. The van der Waals surface area contributed by atoms with Crippen molar-refractivity contribution in [3.05, 3.63) is 81.6 Å². The van der Waals surface area contributed by atoms with Gasteiger partial charge in [-0.15, -0.1) is 12.4 Å². The van der Waals surface area contributed by atoms with E-state index in [1.165, 1.54) is 21.3 Å². The van der Waals surface area contributed by atoms with Crippen molar-refractivity contribution in [3.63, 3.8) is 0 Å². The Morgan fingerprint density at radius 3 is 2.16 bits per heavy atom. The minimum atomic E-state index is -0.768. The number of pyridine rings is 1. The molecule has 1 atom stereocenters. The lowest BCUT2D eigenvalue weighted by Crippen LogP contribution is -2.51. The van der Waals surface area contributed by atoms with Gasteiger partial charge in [0.2, 0.25) is 11.7 Å². The Bertz CT molecular complexity index is 1490. The van der Waals surface area contributed by atoms with Crippen molar-refractivity contribution in [2.75, 3.05) is 54.1 Å². The van der Waals surface area contributed by atoms with Crippen LogP contribution in [0.25, 0.3) is 0 Å². The molecule has 2 amide bonds. The van der Waals surface area contributed by atoms with E-state index in [1.807, 2.05) is 41.3 Å². The molecule has 0 saturated carbocycles. The van der Waals surface area contributed by atoms with Gasteiger partial charge >= 0.3 is 0 Å². The molecule has 0 aliphatic carbocycles. The molecule has 9 nitrogen and oxygen atoms in total. The Morgan fingerprint density at radius 1 is 0.911 bits per heavy atom. The molecule has 0 bridgehead atoms. The second-order valence-corrected chi connectivity index (χ2v) is 12.4. The number of hydrogen-bond donors (Lipinski definition) is 1. The van der Waals surface area contributed by atoms with Crippen molar-refractivity contribution >= 4 is 47.4 Å². The lowest BCUT2D eigenvalue weighted by atomic mass is 9.73. The van der Waals surface area contributed by atoms with E-state index in [2.05, 4.69) is 9.88 Å². The zero-order valence-corrected chi connectivity index (χ0v) is 28.0. The minimum absolute atomic E-state index is 0. The maximum absolute atomic E-state index is 13.9. The number of likely N-dealkylation sites (tertiary alicyclic amines) is 2. The Hall–Kier alpha value is -3.24.